The summed E-state index contributed by atoms with van der Waals surface area (Å²) >= 11 is 0. The first-order valence-corrected chi connectivity index (χ1v) is 4.89. The molecule has 0 aliphatic carbocycles. The van der Waals surface area contributed by atoms with Crippen LogP contribution in [0.5, 0.6) is 0 Å². The molecule has 1 aliphatic heterocycles. The van der Waals surface area contributed by atoms with E-state index in [1.54, 1.807) is 0 Å². The van der Waals surface area contributed by atoms with E-state index in [9.17, 15) is 22.4 Å². The van der Waals surface area contributed by atoms with Crippen molar-refractivity contribution in [1.82, 2.24) is 0 Å². The van der Waals surface area contributed by atoms with Gasteiger partial charge in [0.2, 0.25) is 6.10 Å². The second kappa shape index (κ2) is 4.04. The van der Waals surface area contributed by atoms with E-state index in [4.69, 9.17) is 5.73 Å². The number of carbonyl (C=O) groups excluding carboxylic acids is 1. The van der Waals surface area contributed by atoms with Gasteiger partial charge in [-0.3, -0.25) is 4.90 Å². The molecule has 0 saturated carbocycles. The number of alkyl halides is 3. The van der Waals surface area contributed by atoms with Gasteiger partial charge in [0, 0.05) is 0 Å². The molecule has 4 nitrogen and oxygen atoms in total. The number of carbonyl (C=O) groups is 1. The summed E-state index contributed by atoms with van der Waals surface area (Å²) in [6.45, 7) is -0.696. The maximum absolute atomic E-state index is 12.8. The van der Waals surface area contributed by atoms with Gasteiger partial charge in [-0.1, -0.05) is 0 Å². The molecule has 1 heterocycles. The number of rotatable bonds is 1. The minimum atomic E-state index is -4.64. The molecule has 18 heavy (non-hydrogen) atoms. The lowest BCUT2D eigenvalue weighted by Crippen LogP contribution is -2.33. The van der Waals surface area contributed by atoms with Crippen LogP contribution in [0.25, 0.3) is 0 Å². The summed E-state index contributed by atoms with van der Waals surface area (Å²) in [6.07, 6.45) is -8.00. The van der Waals surface area contributed by atoms with Crippen molar-refractivity contribution in [2.45, 2.75) is 12.3 Å². The maximum Gasteiger partial charge on any atom is 0.427 e. The summed E-state index contributed by atoms with van der Waals surface area (Å²) in [6, 6.07) is 3.05. The highest BCUT2D eigenvalue weighted by Crippen LogP contribution is 2.33. The predicted octanol–water partition coefficient (Wildman–Crippen LogP) is 2.30. The first kappa shape index (κ1) is 12.5. The smallest absolute Gasteiger partial charge is 0.427 e. The van der Waals surface area contributed by atoms with Crippen molar-refractivity contribution >= 4 is 17.5 Å². The molecule has 1 aromatic rings. The lowest BCUT2D eigenvalue weighted by Gasteiger charge is -2.15. The van der Waals surface area contributed by atoms with Crippen molar-refractivity contribution < 1.29 is 27.1 Å². The fourth-order valence-electron chi connectivity index (χ4n) is 1.60. The number of nitrogens with two attached hydrogens (primary N) is 1. The van der Waals surface area contributed by atoms with Gasteiger partial charge in [-0.15, -0.1) is 0 Å². The monoisotopic (exact) mass is 264 g/mol. The Bertz CT molecular complexity index is 489. The number of amides is 1. The third kappa shape index (κ3) is 2.18. The number of benzene rings is 1. The zero-order valence-electron chi connectivity index (χ0n) is 8.87. The van der Waals surface area contributed by atoms with Crippen molar-refractivity contribution in [3.8, 4) is 0 Å². The highest BCUT2D eigenvalue weighted by Gasteiger charge is 2.49. The lowest BCUT2D eigenvalue weighted by molar-refractivity contribution is -0.191. The zero-order valence-corrected chi connectivity index (χ0v) is 8.87. The van der Waals surface area contributed by atoms with Gasteiger partial charge in [0.15, 0.2) is 0 Å². The summed E-state index contributed by atoms with van der Waals surface area (Å²) in [5, 5.41) is 0. The van der Waals surface area contributed by atoms with Crippen LogP contribution < -0.4 is 10.6 Å². The SMILES string of the molecule is Nc1cc(F)ccc1N1C[C@H](C(F)(F)F)OC1=O. The number of anilines is 2. The van der Waals surface area contributed by atoms with Crippen LogP contribution in [0.2, 0.25) is 0 Å². The molecule has 0 bridgehead atoms. The average molecular weight is 264 g/mol. The quantitative estimate of drug-likeness (QED) is 0.625. The van der Waals surface area contributed by atoms with E-state index in [2.05, 4.69) is 4.74 Å². The van der Waals surface area contributed by atoms with Crippen LogP contribution in [0.15, 0.2) is 18.2 Å². The molecular weight excluding hydrogens is 256 g/mol. The van der Waals surface area contributed by atoms with Gasteiger partial charge in [0.1, 0.15) is 5.82 Å². The summed E-state index contributed by atoms with van der Waals surface area (Å²) in [5.41, 5.74) is 5.31. The topological polar surface area (TPSA) is 55.6 Å². The Hall–Kier alpha value is -1.99. The van der Waals surface area contributed by atoms with Gasteiger partial charge < -0.3 is 10.5 Å². The van der Waals surface area contributed by atoms with E-state index in [-0.39, 0.29) is 11.4 Å². The van der Waals surface area contributed by atoms with Crippen LogP contribution in [0.4, 0.5) is 33.7 Å². The molecule has 98 valence electrons. The van der Waals surface area contributed by atoms with Crippen molar-refractivity contribution in [2.24, 2.45) is 0 Å². The second-order valence-corrected chi connectivity index (χ2v) is 3.73. The second-order valence-electron chi connectivity index (χ2n) is 3.73. The van der Waals surface area contributed by atoms with Crippen molar-refractivity contribution in [3.05, 3.63) is 24.0 Å². The Morgan fingerprint density at radius 3 is 2.56 bits per heavy atom. The third-order valence-electron chi connectivity index (χ3n) is 2.46. The molecule has 1 fully saturated rings. The Morgan fingerprint density at radius 2 is 2.06 bits per heavy atom. The fourth-order valence-corrected chi connectivity index (χ4v) is 1.60. The molecule has 0 radical (unpaired) electrons. The Labute approximate surface area is 98.9 Å². The lowest BCUT2D eigenvalue weighted by atomic mass is 10.2. The van der Waals surface area contributed by atoms with Crippen molar-refractivity contribution in [1.29, 1.82) is 0 Å². The summed E-state index contributed by atoms with van der Waals surface area (Å²) < 4.78 is 54.2. The van der Waals surface area contributed by atoms with Crippen LogP contribution in [0.1, 0.15) is 0 Å². The minimum Gasteiger partial charge on any atom is -0.434 e. The predicted molar refractivity (Wildman–Crippen MR) is 54.5 cm³/mol. The maximum atomic E-state index is 12.8. The normalized spacial score (nSPS) is 20.1. The van der Waals surface area contributed by atoms with E-state index in [1.165, 1.54) is 0 Å². The molecule has 1 aromatic carbocycles. The van der Waals surface area contributed by atoms with Crippen LogP contribution >= 0.6 is 0 Å². The molecule has 0 unspecified atom stereocenters. The number of ether oxygens (including phenoxy) is 1. The molecule has 1 aliphatic rings. The zero-order chi connectivity index (χ0) is 13.5. The first-order valence-electron chi connectivity index (χ1n) is 4.89. The summed E-state index contributed by atoms with van der Waals surface area (Å²) in [5.74, 6) is -0.642. The van der Waals surface area contributed by atoms with Gasteiger partial charge >= 0.3 is 12.3 Å². The number of nitrogens with zero attached hydrogens (tertiary/aromatic N) is 1. The molecule has 0 aromatic heterocycles. The largest absolute Gasteiger partial charge is 0.434 e. The Balaban J connectivity index is 2.27. The number of cyclic esters (lactones) is 1. The van der Waals surface area contributed by atoms with E-state index in [1.807, 2.05) is 0 Å². The number of nitrogen functional groups attached to an aromatic ring is 1. The van der Waals surface area contributed by atoms with E-state index in [0.717, 1.165) is 23.1 Å². The number of halogens is 4. The molecule has 1 amide bonds. The molecule has 1 atom stereocenters. The fraction of sp³-hybridized carbons (Fsp3) is 0.300. The van der Waals surface area contributed by atoms with Crippen LogP contribution in [-0.2, 0) is 4.74 Å². The molecule has 2 rings (SSSR count). The first-order chi connectivity index (χ1) is 8.29. The molecule has 8 heteroatoms. The summed E-state index contributed by atoms with van der Waals surface area (Å²) in [4.78, 5) is 12.1. The van der Waals surface area contributed by atoms with Crippen LogP contribution in [-0.4, -0.2) is 24.9 Å². The molecule has 2 N–H and O–H groups in total. The van der Waals surface area contributed by atoms with Gasteiger partial charge in [-0.2, -0.15) is 13.2 Å². The standard InChI is InChI=1S/C10H8F4N2O2/c11-5-1-2-7(6(15)3-5)16-4-8(10(12,13)14)18-9(16)17/h1-3,8H,4,15H2/t8-/m1/s1. The molecular formula is C10H8F4N2O2. The molecule has 0 spiro atoms. The Morgan fingerprint density at radius 1 is 1.39 bits per heavy atom. The summed E-state index contributed by atoms with van der Waals surface area (Å²) in [7, 11) is 0. The number of hydrogen-bond acceptors (Lipinski definition) is 3. The van der Waals surface area contributed by atoms with Gasteiger partial charge in [-0.05, 0) is 18.2 Å². The van der Waals surface area contributed by atoms with Gasteiger partial charge in [0.25, 0.3) is 0 Å². The number of hydrogen-bond donors (Lipinski definition) is 1. The average Bonchev–Trinajstić information content (AvgIpc) is 2.60. The van der Waals surface area contributed by atoms with Gasteiger partial charge in [-0.25, -0.2) is 9.18 Å². The van der Waals surface area contributed by atoms with E-state index < -0.39 is 30.7 Å². The highest BCUT2D eigenvalue weighted by atomic mass is 19.4. The van der Waals surface area contributed by atoms with E-state index in [0.29, 0.717) is 0 Å². The van der Waals surface area contributed by atoms with E-state index >= 15 is 0 Å². The van der Waals surface area contributed by atoms with Crippen LogP contribution in [0, 0.1) is 5.82 Å². The third-order valence-corrected chi connectivity index (χ3v) is 2.46. The van der Waals surface area contributed by atoms with Crippen molar-refractivity contribution in [2.75, 3.05) is 17.2 Å². The van der Waals surface area contributed by atoms with Crippen LogP contribution in [0.3, 0.4) is 0 Å². The molecule has 1 saturated heterocycles. The van der Waals surface area contributed by atoms with Gasteiger partial charge in [0.05, 0.1) is 17.9 Å². The minimum absolute atomic E-state index is 0.00634. The van der Waals surface area contributed by atoms with Crippen molar-refractivity contribution in [3.63, 3.8) is 0 Å². The Kier molecular flexibility index (Phi) is 2.80. The highest BCUT2D eigenvalue weighted by molar-refractivity contribution is 5.93.